The second-order valence-corrected chi connectivity index (χ2v) is 7.90. The summed E-state index contributed by atoms with van der Waals surface area (Å²) in [7, 11) is 0. The van der Waals surface area contributed by atoms with Gasteiger partial charge in [0.1, 0.15) is 0 Å². The number of imidazole rings is 1. The first-order valence-electron chi connectivity index (χ1n) is 9.74. The third kappa shape index (κ3) is 2.89. The standard InChI is InChI=1S/C21H27N3O2/c1-14-11-12-23(19-6-4-3-5-18(14)19)20(25)16-7-9-17(10-8-16)24-15(2)13-22-21(24)26/h7-10,13-14,18-19H,3-6,11-12H2,1-2H3,(H,22,26). The average Bonchev–Trinajstić information content (AvgIpc) is 3.00. The van der Waals surface area contributed by atoms with Crippen LogP contribution in [0.25, 0.3) is 5.69 Å². The van der Waals surface area contributed by atoms with E-state index in [9.17, 15) is 9.59 Å². The fourth-order valence-corrected chi connectivity index (χ4v) is 4.86. The number of carbonyl (C=O) groups is 1. The highest BCUT2D eigenvalue weighted by Gasteiger charge is 2.39. The quantitative estimate of drug-likeness (QED) is 0.898. The summed E-state index contributed by atoms with van der Waals surface area (Å²) in [4.78, 5) is 29.9. The Balaban J connectivity index is 1.57. The summed E-state index contributed by atoms with van der Waals surface area (Å²) in [5.74, 6) is 1.51. The maximum atomic E-state index is 13.1. The number of piperidine rings is 1. The molecular weight excluding hydrogens is 326 g/mol. The molecule has 1 aromatic carbocycles. The van der Waals surface area contributed by atoms with Gasteiger partial charge in [0.15, 0.2) is 0 Å². The molecular formula is C21H27N3O2. The molecule has 1 saturated carbocycles. The van der Waals surface area contributed by atoms with Crippen LogP contribution in [0.2, 0.25) is 0 Å². The summed E-state index contributed by atoms with van der Waals surface area (Å²) in [6.45, 7) is 5.09. The third-order valence-corrected chi connectivity index (χ3v) is 6.33. The lowest BCUT2D eigenvalue weighted by atomic mass is 9.72. The molecule has 5 nitrogen and oxygen atoms in total. The van der Waals surface area contributed by atoms with Crippen LogP contribution in [-0.4, -0.2) is 32.9 Å². The maximum absolute atomic E-state index is 13.1. The molecule has 138 valence electrons. The molecule has 0 spiro atoms. The average molecular weight is 353 g/mol. The van der Waals surface area contributed by atoms with Crippen molar-refractivity contribution in [1.29, 1.82) is 0 Å². The molecule has 2 aromatic rings. The fraction of sp³-hybridized carbons (Fsp3) is 0.524. The van der Waals surface area contributed by atoms with Crippen LogP contribution in [0.15, 0.2) is 35.3 Å². The molecule has 2 aliphatic rings. The number of hydrogen-bond acceptors (Lipinski definition) is 2. The summed E-state index contributed by atoms with van der Waals surface area (Å²) < 4.78 is 1.62. The predicted molar refractivity (Wildman–Crippen MR) is 102 cm³/mol. The van der Waals surface area contributed by atoms with Gasteiger partial charge in [-0.15, -0.1) is 0 Å². The first-order valence-corrected chi connectivity index (χ1v) is 9.74. The molecule has 1 N–H and O–H groups in total. The van der Waals surface area contributed by atoms with Crippen molar-refractivity contribution >= 4 is 5.91 Å². The van der Waals surface area contributed by atoms with E-state index in [1.54, 1.807) is 10.8 Å². The highest BCUT2D eigenvalue weighted by Crippen LogP contribution is 2.39. The SMILES string of the molecule is Cc1c[nH]c(=O)n1-c1ccc(C(=O)N2CCC(C)C3CCCCC32)cc1. The molecule has 3 unspecified atom stereocenters. The van der Waals surface area contributed by atoms with E-state index in [1.807, 2.05) is 31.2 Å². The Labute approximate surface area is 154 Å². The van der Waals surface area contributed by atoms with Crippen molar-refractivity contribution < 1.29 is 4.79 Å². The molecule has 1 aliphatic carbocycles. The zero-order valence-electron chi connectivity index (χ0n) is 15.6. The number of H-pyrrole nitrogens is 1. The van der Waals surface area contributed by atoms with Gasteiger partial charge in [-0.2, -0.15) is 0 Å². The Morgan fingerprint density at radius 3 is 2.54 bits per heavy atom. The molecule has 3 atom stereocenters. The van der Waals surface area contributed by atoms with Gasteiger partial charge >= 0.3 is 5.69 Å². The van der Waals surface area contributed by atoms with Crippen LogP contribution < -0.4 is 5.69 Å². The fourth-order valence-electron chi connectivity index (χ4n) is 4.86. The summed E-state index contributed by atoms with van der Waals surface area (Å²) in [5.41, 5.74) is 2.20. The van der Waals surface area contributed by atoms with Gasteiger partial charge in [-0.1, -0.05) is 19.8 Å². The normalized spacial score (nSPS) is 25.8. The molecule has 26 heavy (non-hydrogen) atoms. The van der Waals surface area contributed by atoms with Gasteiger partial charge in [0.05, 0.1) is 5.69 Å². The van der Waals surface area contributed by atoms with Gasteiger partial charge in [0.25, 0.3) is 5.91 Å². The van der Waals surface area contributed by atoms with E-state index in [1.165, 1.54) is 19.3 Å². The summed E-state index contributed by atoms with van der Waals surface area (Å²) in [5, 5.41) is 0. The number of benzene rings is 1. The van der Waals surface area contributed by atoms with Crippen LogP contribution in [0.3, 0.4) is 0 Å². The monoisotopic (exact) mass is 353 g/mol. The minimum absolute atomic E-state index is 0.137. The Morgan fingerprint density at radius 2 is 1.85 bits per heavy atom. The minimum atomic E-state index is -0.156. The number of rotatable bonds is 2. The number of hydrogen-bond donors (Lipinski definition) is 1. The zero-order valence-corrected chi connectivity index (χ0v) is 15.6. The Hall–Kier alpha value is -2.30. The topological polar surface area (TPSA) is 58.1 Å². The van der Waals surface area contributed by atoms with Gasteiger partial charge in [-0.3, -0.25) is 9.36 Å². The van der Waals surface area contributed by atoms with Gasteiger partial charge in [-0.05, 0) is 62.3 Å². The highest BCUT2D eigenvalue weighted by atomic mass is 16.2. The Kier molecular flexibility index (Phi) is 4.47. The lowest BCUT2D eigenvalue weighted by molar-refractivity contribution is 0.0218. The number of amides is 1. The van der Waals surface area contributed by atoms with Crippen molar-refractivity contribution in [2.45, 2.75) is 52.0 Å². The minimum Gasteiger partial charge on any atom is -0.335 e. The number of aromatic nitrogens is 2. The van der Waals surface area contributed by atoms with Crippen molar-refractivity contribution in [2.75, 3.05) is 6.54 Å². The van der Waals surface area contributed by atoms with E-state index < -0.39 is 0 Å². The van der Waals surface area contributed by atoms with Gasteiger partial charge in [0, 0.05) is 30.0 Å². The zero-order chi connectivity index (χ0) is 18.3. The highest BCUT2D eigenvalue weighted by molar-refractivity contribution is 5.94. The van der Waals surface area contributed by atoms with Crippen molar-refractivity contribution in [3.63, 3.8) is 0 Å². The maximum Gasteiger partial charge on any atom is 0.330 e. The van der Waals surface area contributed by atoms with Crippen LogP contribution in [-0.2, 0) is 0 Å². The Bertz CT molecular complexity index is 849. The smallest absolute Gasteiger partial charge is 0.330 e. The molecule has 4 rings (SSSR count). The third-order valence-electron chi connectivity index (χ3n) is 6.33. The van der Waals surface area contributed by atoms with E-state index in [-0.39, 0.29) is 11.6 Å². The van der Waals surface area contributed by atoms with Gasteiger partial charge < -0.3 is 9.88 Å². The molecule has 1 aliphatic heterocycles. The molecule has 1 saturated heterocycles. The van der Waals surface area contributed by atoms with E-state index in [2.05, 4.69) is 16.8 Å². The second kappa shape index (κ2) is 6.78. The first-order chi connectivity index (χ1) is 12.6. The Morgan fingerprint density at radius 1 is 1.12 bits per heavy atom. The summed E-state index contributed by atoms with van der Waals surface area (Å²) >= 11 is 0. The van der Waals surface area contributed by atoms with Gasteiger partial charge in [-0.25, -0.2) is 4.79 Å². The van der Waals surface area contributed by atoms with Gasteiger partial charge in [0.2, 0.25) is 0 Å². The van der Waals surface area contributed by atoms with Crippen molar-refractivity contribution in [1.82, 2.24) is 14.5 Å². The van der Waals surface area contributed by atoms with Crippen LogP contribution in [0.4, 0.5) is 0 Å². The predicted octanol–water partition coefficient (Wildman–Crippen LogP) is 3.51. The molecule has 2 heterocycles. The van der Waals surface area contributed by atoms with Crippen LogP contribution >= 0.6 is 0 Å². The van der Waals surface area contributed by atoms with E-state index >= 15 is 0 Å². The van der Waals surface area contributed by atoms with E-state index in [4.69, 9.17) is 0 Å². The van der Waals surface area contributed by atoms with Crippen molar-refractivity contribution in [3.8, 4) is 5.69 Å². The van der Waals surface area contributed by atoms with Crippen LogP contribution in [0.1, 0.15) is 55.1 Å². The number of aromatic amines is 1. The number of nitrogens with one attached hydrogen (secondary N) is 1. The number of aryl methyl sites for hydroxylation is 1. The number of carbonyl (C=O) groups excluding carboxylic acids is 1. The summed E-state index contributed by atoms with van der Waals surface area (Å²) in [6.07, 6.45) is 7.71. The number of likely N-dealkylation sites (tertiary alicyclic amines) is 1. The van der Waals surface area contributed by atoms with Crippen LogP contribution in [0.5, 0.6) is 0 Å². The van der Waals surface area contributed by atoms with E-state index in [0.29, 0.717) is 17.5 Å². The number of fused-ring (bicyclic) bond motifs is 1. The van der Waals surface area contributed by atoms with Crippen molar-refractivity contribution in [3.05, 3.63) is 52.2 Å². The summed E-state index contributed by atoms with van der Waals surface area (Å²) in [6, 6.07) is 7.83. The van der Waals surface area contributed by atoms with Crippen LogP contribution in [0, 0.1) is 18.8 Å². The molecule has 5 heteroatoms. The molecule has 2 fully saturated rings. The molecule has 0 radical (unpaired) electrons. The molecule has 1 aromatic heterocycles. The largest absolute Gasteiger partial charge is 0.335 e. The molecule has 0 bridgehead atoms. The first kappa shape index (κ1) is 17.1. The number of nitrogens with zero attached hydrogens (tertiary/aromatic N) is 2. The lowest BCUT2D eigenvalue weighted by Crippen LogP contribution is -2.52. The molecule has 1 amide bonds. The van der Waals surface area contributed by atoms with Crippen molar-refractivity contribution in [2.24, 2.45) is 11.8 Å². The van der Waals surface area contributed by atoms with E-state index in [0.717, 1.165) is 36.7 Å². The lowest BCUT2D eigenvalue weighted by Gasteiger charge is -2.47. The second-order valence-electron chi connectivity index (χ2n) is 7.90.